The third kappa shape index (κ3) is 5.46. The summed E-state index contributed by atoms with van der Waals surface area (Å²) in [6, 6.07) is 14.7. The Balaban J connectivity index is 1.93. The van der Waals surface area contributed by atoms with E-state index in [-0.39, 0.29) is 0 Å². The van der Waals surface area contributed by atoms with Crippen molar-refractivity contribution in [2.75, 3.05) is 14.2 Å². The summed E-state index contributed by atoms with van der Waals surface area (Å²) < 4.78 is 10.6. The lowest BCUT2D eigenvalue weighted by Crippen LogP contribution is -2.48. The molecule has 2 rings (SSSR count). The molecular weight excluding hydrogens is 316 g/mol. The minimum atomic E-state index is -0.767. The highest BCUT2D eigenvalue weighted by Gasteiger charge is 2.22. The molecule has 0 aromatic heterocycles. The van der Waals surface area contributed by atoms with Gasteiger partial charge in [0.1, 0.15) is 11.5 Å². The van der Waals surface area contributed by atoms with E-state index in [0.29, 0.717) is 19.3 Å². The van der Waals surface area contributed by atoms with Gasteiger partial charge in [0.15, 0.2) is 0 Å². The Morgan fingerprint density at radius 1 is 0.960 bits per heavy atom. The maximum Gasteiger partial charge on any atom is 0.122 e. The summed E-state index contributed by atoms with van der Waals surface area (Å²) in [6.45, 7) is 0. The van der Waals surface area contributed by atoms with Crippen LogP contribution in [0.3, 0.4) is 0 Å². The molecule has 0 aliphatic carbocycles. The SMILES string of the molecule is COc1ccc(OC)c(CCC(N)[C@@H](O)[C@@H](N)Cc2ccccc2)c1. The first-order chi connectivity index (χ1) is 12.0. The summed E-state index contributed by atoms with van der Waals surface area (Å²) in [5, 5.41) is 10.4. The molecule has 0 saturated carbocycles. The molecule has 2 aromatic rings. The average molecular weight is 344 g/mol. The summed E-state index contributed by atoms with van der Waals surface area (Å²) in [5.74, 6) is 1.56. The third-order valence-corrected chi connectivity index (χ3v) is 4.43. The monoisotopic (exact) mass is 344 g/mol. The van der Waals surface area contributed by atoms with Gasteiger partial charge in [-0.15, -0.1) is 0 Å². The molecule has 136 valence electrons. The predicted molar refractivity (Wildman–Crippen MR) is 100.0 cm³/mol. The van der Waals surface area contributed by atoms with Crippen molar-refractivity contribution < 1.29 is 14.6 Å². The van der Waals surface area contributed by atoms with Gasteiger partial charge in [-0.25, -0.2) is 0 Å². The first-order valence-electron chi connectivity index (χ1n) is 8.49. The van der Waals surface area contributed by atoms with Crippen molar-refractivity contribution in [2.24, 2.45) is 11.5 Å². The summed E-state index contributed by atoms with van der Waals surface area (Å²) in [7, 11) is 3.26. The topological polar surface area (TPSA) is 90.7 Å². The van der Waals surface area contributed by atoms with Gasteiger partial charge in [0.2, 0.25) is 0 Å². The largest absolute Gasteiger partial charge is 0.497 e. The van der Waals surface area contributed by atoms with E-state index in [1.165, 1.54) is 0 Å². The van der Waals surface area contributed by atoms with Crippen LogP contribution in [-0.4, -0.2) is 37.5 Å². The summed E-state index contributed by atoms with van der Waals surface area (Å²) in [5.41, 5.74) is 14.4. The average Bonchev–Trinajstić information content (AvgIpc) is 2.65. The first kappa shape index (κ1) is 19.2. The second-order valence-corrected chi connectivity index (χ2v) is 6.22. The number of aliphatic hydroxyl groups excluding tert-OH is 1. The summed E-state index contributed by atoms with van der Waals surface area (Å²) in [6.07, 6.45) is 1.11. The van der Waals surface area contributed by atoms with Crippen LogP contribution >= 0.6 is 0 Å². The Hall–Kier alpha value is -2.08. The van der Waals surface area contributed by atoms with Crippen molar-refractivity contribution in [1.29, 1.82) is 0 Å². The fourth-order valence-electron chi connectivity index (χ4n) is 2.89. The molecule has 0 heterocycles. The Labute approximate surface area is 149 Å². The Kier molecular flexibility index (Phi) is 7.25. The zero-order chi connectivity index (χ0) is 18.2. The van der Waals surface area contributed by atoms with Crippen LogP contribution in [0.15, 0.2) is 48.5 Å². The quantitative estimate of drug-likeness (QED) is 0.646. The maximum atomic E-state index is 10.4. The molecule has 3 atom stereocenters. The molecule has 5 heteroatoms. The smallest absolute Gasteiger partial charge is 0.122 e. The van der Waals surface area contributed by atoms with E-state index in [2.05, 4.69) is 0 Å². The molecule has 0 bridgehead atoms. The fraction of sp³-hybridized carbons (Fsp3) is 0.400. The van der Waals surface area contributed by atoms with Crippen LogP contribution < -0.4 is 20.9 Å². The van der Waals surface area contributed by atoms with Gasteiger partial charge >= 0.3 is 0 Å². The van der Waals surface area contributed by atoms with E-state index < -0.39 is 18.2 Å². The number of rotatable bonds is 9. The molecule has 0 saturated heterocycles. The van der Waals surface area contributed by atoms with E-state index in [9.17, 15) is 5.11 Å². The number of ether oxygens (including phenoxy) is 2. The van der Waals surface area contributed by atoms with Gasteiger partial charge in [-0.05, 0) is 48.6 Å². The van der Waals surface area contributed by atoms with Crippen LogP contribution in [0.2, 0.25) is 0 Å². The number of aryl methyl sites for hydroxylation is 1. The van der Waals surface area contributed by atoms with Gasteiger partial charge in [-0.2, -0.15) is 0 Å². The maximum absolute atomic E-state index is 10.4. The van der Waals surface area contributed by atoms with Crippen LogP contribution in [-0.2, 0) is 12.8 Å². The van der Waals surface area contributed by atoms with Gasteiger partial charge in [0.05, 0.1) is 20.3 Å². The highest BCUT2D eigenvalue weighted by atomic mass is 16.5. The van der Waals surface area contributed by atoms with Crippen LogP contribution in [0.5, 0.6) is 11.5 Å². The third-order valence-electron chi connectivity index (χ3n) is 4.43. The van der Waals surface area contributed by atoms with Gasteiger partial charge in [-0.1, -0.05) is 30.3 Å². The zero-order valence-electron chi connectivity index (χ0n) is 14.9. The lowest BCUT2D eigenvalue weighted by molar-refractivity contribution is 0.112. The molecule has 2 aromatic carbocycles. The lowest BCUT2D eigenvalue weighted by atomic mass is 9.93. The molecule has 0 spiro atoms. The van der Waals surface area contributed by atoms with Crippen molar-refractivity contribution in [2.45, 2.75) is 37.5 Å². The number of aliphatic hydroxyl groups is 1. The Bertz CT molecular complexity index is 649. The number of methoxy groups -OCH3 is 2. The minimum Gasteiger partial charge on any atom is -0.497 e. The Morgan fingerprint density at radius 2 is 1.68 bits per heavy atom. The zero-order valence-corrected chi connectivity index (χ0v) is 14.9. The normalized spacial score (nSPS) is 14.6. The molecule has 0 fully saturated rings. The van der Waals surface area contributed by atoms with Crippen molar-refractivity contribution in [1.82, 2.24) is 0 Å². The molecule has 0 aliphatic rings. The second kappa shape index (κ2) is 9.42. The minimum absolute atomic E-state index is 0.399. The van der Waals surface area contributed by atoms with Crippen LogP contribution in [0.25, 0.3) is 0 Å². The lowest BCUT2D eigenvalue weighted by Gasteiger charge is -2.25. The van der Waals surface area contributed by atoms with E-state index in [1.807, 2.05) is 48.5 Å². The molecule has 0 aliphatic heterocycles. The van der Waals surface area contributed by atoms with Crippen LogP contribution in [0.4, 0.5) is 0 Å². The predicted octanol–water partition coefficient (Wildman–Crippen LogP) is 1.89. The van der Waals surface area contributed by atoms with Crippen molar-refractivity contribution in [3.63, 3.8) is 0 Å². The molecule has 5 nitrogen and oxygen atoms in total. The number of hydrogen-bond acceptors (Lipinski definition) is 5. The summed E-state index contributed by atoms with van der Waals surface area (Å²) in [4.78, 5) is 0. The standard InChI is InChI=1S/C20H28N2O3/c1-24-16-9-11-19(25-2)15(13-16)8-10-17(21)20(23)18(22)12-14-6-4-3-5-7-14/h3-7,9,11,13,17-18,20,23H,8,10,12,21-22H2,1-2H3/t17?,18-,20+/m0/s1. The van der Waals surface area contributed by atoms with Gasteiger partial charge < -0.3 is 26.0 Å². The molecular formula is C20H28N2O3. The van der Waals surface area contributed by atoms with E-state index in [0.717, 1.165) is 22.6 Å². The highest BCUT2D eigenvalue weighted by molar-refractivity contribution is 5.40. The van der Waals surface area contributed by atoms with Crippen LogP contribution in [0, 0.1) is 0 Å². The molecule has 0 radical (unpaired) electrons. The van der Waals surface area contributed by atoms with E-state index in [1.54, 1.807) is 14.2 Å². The Morgan fingerprint density at radius 3 is 2.32 bits per heavy atom. The fourth-order valence-corrected chi connectivity index (χ4v) is 2.89. The molecule has 1 unspecified atom stereocenters. The van der Waals surface area contributed by atoms with Gasteiger partial charge in [0, 0.05) is 12.1 Å². The van der Waals surface area contributed by atoms with Crippen molar-refractivity contribution >= 4 is 0 Å². The van der Waals surface area contributed by atoms with Crippen LogP contribution in [0.1, 0.15) is 17.5 Å². The summed E-state index contributed by atoms with van der Waals surface area (Å²) >= 11 is 0. The van der Waals surface area contributed by atoms with Gasteiger partial charge in [-0.3, -0.25) is 0 Å². The van der Waals surface area contributed by atoms with Crippen molar-refractivity contribution in [3.05, 3.63) is 59.7 Å². The molecule has 25 heavy (non-hydrogen) atoms. The highest BCUT2D eigenvalue weighted by Crippen LogP contribution is 2.25. The van der Waals surface area contributed by atoms with Crippen molar-refractivity contribution in [3.8, 4) is 11.5 Å². The number of nitrogens with two attached hydrogens (primary N) is 2. The van der Waals surface area contributed by atoms with E-state index in [4.69, 9.17) is 20.9 Å². The second-order valence-electron chi connectivity index (χ2n) is 6.22. The number of hydrogen-bond donors (Lipinski definition) is 3. The van der Waals surface area contributed by atoms with E-state index >= 15 is 0 Å². The molecule has 5 N–H and O–H groups in total. The van der Waals surface area contributed by atoms with Gasteiger partial charge in [0.25, 0.3) is 0 Å². The first-order valence-corrected chi connectivity index (χ1v) is 8.49. The number of benzene rings is 2. The molecule has 0 amide bonds.